The van der Waals surface area contributed by atoms with E-state index >= 15 is 0 Å². The molecule has 0 atom stereocenters. The van der Waals surface area contributed by atoms with Crippen LogP contribution in [-0.2, 0) is 12.8 Å². The molecule has 0 saturated carbocycles. The van der Waals surface area contributed by atoms with Crippen LogP contribution < -0.4 is 4.74 Å². The number of alkyl halides is 3. The maximum Gasteiger partial charge on any atom is 0.433 e. The highest BCUT2D eigenvalue weighted by Gasteiger charge is 2.36. The Morgan fingerprint density at radius 3 is 2.23 bits per heavy atom. The number of ether oxygens (including phenoxy) is 1. The summed E-state index contributed by atoms with van der Waals surface area (Å²) in [5.41, 5.74) is 0.191. The second-order valence-electron chi connectivity index (χ2n) is 4.88. The molecule has 2 rings (SSSR count). The van der Waals surface area contributed by atoms with Gasteiger partial charge in [0.15, 0.2) is 0 Å². The number of aryl methyl sites for hydroxylation is 2. The van der Waals surface area contributed by atoms with Crippen molar-refractivity contribution in [1.82, 2.24) is 0 Å². The van der Waals surface area contributed by atoms with Gasteiger partial charge in [0.2, 0.25) is 0 Å². The number of hydrogen-bond acceptors (Lipinski definition) is 2. The molecule has 1 N–H and O–H groups in total. The molecule has 2 nitrogen and oxygen atoms in total. The zero-order valence-electron chi connectivity index (χ0n) is 12.1. The zero-order valence-corrected chi connectivity index (χ0v) is 12.1. The predicted molar refractivity (Wildman–Crippen MR) is 79.7 cm³/mol. The number of methoxy groups -OCH3 is 1. The lowest BCUT2D eigenvalue weighted by Crippen LogP contribution is -2.24. The smallest absolute Gasteiger partial charge is 0.433 e. The van der Waals surface area contributed by atoms with Gasteiger partial charge in [-0.1, -0.05) is 36.4 Å². The summed E-state index contributed by atoms with van der Waals surface area (Å²) in [5, 5.41) is 7.32. The molecule has 0 radical (unpaired) electrons. The highest BCUT2D eigenvalue weighted by Crippen LogP contribution is 2.24. The molecule has 0 heterocycles. The maximum absolute atomic E-state index is 12.7. The lowest BCUT2D eigenvalue weighted by atomic mass is 9.97. The summed E-state index contributed by atoms with van der Waals surface area (Å²) in [6.07, 6.45) is -3.58. The first-order valence-electron chi connectivity index (χ1n) is 6.79. The van der Waals surface area contributed by atoms with Crippen LogP contribution in [0.15, 0.2) is 48.5 Å². The van der Waals surface area contributed by atoms with Gasteiger partial charge in [0, 0.05) is 5.56 Å². The molecule has 0 fully saturated rings. The van der Waals surface area contributed by atoms with Crippen molar-refractivity contribution in [3.8, 4) is 5.75 Å². The van der Waals surface area contributed by atoms with Gasteiger partial charge in [-0.15, -0.1) is 0 Å². The average Bonchev–Trinajstić information content (AvgIpc) is 2.52. The molecule has 0 aliphatic carbocycles. The van der Waals surface area contributed by atoms with E-state index in [0.717, 1.165) is 11.3 Å². The van der Waals surface area contributed by atoms with E-state index in [1.807, 2.05) is 24.3 Å². The van der Waals surface area contributed by atoms with Gasteiger partial charge in [-0.3, -0.25) is 5.41 Å². The Bertz CT molecular complexity index is 648. The van der Waals surface area contributed by atoms with Gasteiger partial charge in [0.25, 0.3) is 0 Å². The fraction of sp³-hybridized carbons (Fsp3) is 0.235. The van der Waals surface area contributed by atoms with Crippen LogP contribution in [0.3, 0.4) is 0 Å². The largest absolute Gasteiger partial charge is 0.497 e. The molecule has 5 heteroatoms. The summed E-state index contributed by atoms with van der Waals surface area (Å²) in [7, 11) is 1.58. The minimum absolute atomic E-state index is 0.0523. The second-order valence-corrected chi connectivity index (χ2v) is 4.88. The van der Waals surface area contributed by atoms with Crippen LogP contribution in [0.5, 0.6) is 5.75 Å². The lowest BCUT2D eigenvalue weighted by molar-refractivity contribution is -0.0588. The SMILES string of the molecule is COc1ccc(CCc2ccccc2C(=N)C(F)(F)F)cc1. The zero-order chi connectivity index (χ0) is 16.2. The van der Waals surface area contributed by atoms with E-state index < -0.39 is 11.9 Å². The summed E-state index contributed by atoms with van der Waals surface area (Å²) in [5.74, 6) is 0.739. The molecule has 116 valence electrons. The van der Waals surface area contributed by atoms with Crippen molar-refractivity contribution in [2.75, 3.05) is 7.11 Å². The summed E-state index contributed by atoms with van der Waals surface area (Å²) < 4.78 is 43.2. The van der Waals surface area contributed by atoms with Crippen LogP contribution in [0, 0.1) is 5.41 Å². The van der Waals surface area contributed by atoms with E-state index in [9.17, 15) is 13.2 Å². The Labute approximate surface area is 127 Å². The van der Waals surface area contributed by atoms with Gasteiger partial charge in [0.05, 0.1) is 7.11 Å². The molecule has 0 aromatic heterocycles. The Morgan fingerprint density at radius 1 is 1.00 bits per heavy atom. The number of hydrogen-bond donors (Lipinski definition) is 1. The van der Waals surface area contributed by atoms with Crippen LogP contribution in [-0.4, -0.2) is 19.0 Å². The molecule has 2 aromatic carbocycles. The summed E-state index contributed by atoms with van der Waals surface area (Å²) in [4.78, 5) is 0. The Balaban J connectivity index is 2.14. The number of benzene rings is 2. The molecule has 2 aromatic rings. The molecule has 0 spiro atoms. The molecule has 0 amide bonds. The minimum Gasteiger partial charge on any atom is -0.497 e. The van der Waals surface area contributed by atoms with E-state index in [0.29, 0.717) is 18.4 Å². The quantitative estimate of drug-likeness (QED) is 0.815. The lowest BCUT2D eigenvalue weighted by Gasteiger charge is -2.13. The number of rotatable bonds is 5. The highest BCUT2D eigenvalue weighted by molar-refractivity contribution is 6.03. The van der Waals surface area contributed by atoms with Crippen molar-refractivity contribution < 1.29 is 17.9 Å². The van der Waals surface area contributed by atoms with Gasteiger partial charge in [-0.05, 0) is 36.1 Å². The van der Waals surface area contributed by atoms with E-state index in [4.69, 9.17) is 10.1 Å². The van der Waals surface area contributed by atoms with Gasteiger partial charge < -0.3 is 4.74 Å². The van der Waals surface area contributed by atoms with Gasteiger partial charge in [-0.2, -0.15) is 13.2 Å². The van der Waals surface area contributed by atoms with Crippen LogP contribution in [0.4, 0.5) is 13.2 Å². The first-order chi connectivity index (χ1) is 10.4. The topological polar surface area (TPSA) is 33.1 Å². The Morgan fingerprint density at radius 2 is 1.64 bits per heavy atom. The van der Waals surface area contributed by atoms with Crippen molar-refractivity contribution >= 4 is 5.71 Å². The third-order valence-electron chi connectivity index (χ3n) is 3.41. The van der Waals surface area contributed by atoms with Crippen molar-refractivity contribution in [2.24, 2.45) is 0 Å². The Kier molecular flexibility index (Phi) is 4.85. The van der Waals surface area contributed by atoms with Gasteiger partial charge in [0.1, 0.15) is 11.5 Å². The molecule has 0 unspecified atom stereocenters. The standard InChI is InChI=1S/C17H16F3NO/c1-22-14-10-7-12(8-11-14)6-9-13-4-2-3-5-15(13)16(21)17(18,19)20/h2-5,7-8,10-11,21H,6,9H2,1H3. The van der Waals surface area contributed by atoms with Crippen molar-refractivity contribution in [1.29, 1.82) is 5.41 Å². The number of nitrogens with one attached hydrogen (secondary N) is 1. The first kappa shape index (κ1) is 16.1. The predicted octanol–water partition coefficient (Wildman–Crippen LogP) is 4.41. The first-order valence-corrected chi connectivity index (χ1v) is 6.79. The summed E-state index contributed by atoms with van der Waals surface area (Å²) in [6.45, 7) is 0. The van der Waals surface area contributed by atoms with Crippen LogP contribution in [0.1, 0.15) is 16.7 Å². The number of halogens is 3. The monoisotopic (exact) mass is 307 g/mol. The summed E-state index contributed by atoms with van der Waals surface area (Å²) >= 11 is 0. The molecular weight excluding hydrogens is 291 g/mol. The van der Waals surface area contributed by atoms with E-state index in [1.54, 1.807) is 19.2 Å². The maximum atomic E-state index is 12.7. The highest BCUT2D eigenvalue weighted by atomic mass is 19.4. The van der Waals surface area contributed by atoms with E-state index in [2.05, 4.69) is 0 Å². The van der Waals surface area contributed by atoms with Crippen molar-refractivity contribution in [3.05, 3.63) is 65.2 Å². The minimum atomic E-state index is -4.63. The van der Waals surface area contributed by atoms with Gasteiger partial charge in [-0.25, -0.2) is 0 Å². The fourth-order valence-electron chi connectivity index (χ4n) is 2.21. The molecule has 0 aliphatic heterocycles. The third-order valence-corrected chi connectivity index (χ3v) is 3.41. The van der Waals surface area contributed by atoms with Gasteiger partial charge >= 0.3 is 6.18 Å². The molecule has 0 bridgehead atoms. The van der Waals surface area contributed by atoms with Crippen LogP contribution in [0.2, 0.25) is 0 Å². The molecule has 22 heavy (non-hydrogen) atoms. The molecular formula is C17H16F3NO. The molecule has 0 saturated heterocycles. The second kappa shape index (κ2) is 6.64. The normalized spacial score (nSPS) is 11.3. The molecule has 0 aliphatic rings. The fourth-order valence-corrected chi connectivity index (χ4v) is 2.21. The van der Waals surface area contributed by atoms with Crippen molar-refractivity contribution in [2.45, 2.75) is 19.0 Å². The van der Waals surface area contributed by atoms with Crippen molar-refractivity contribution in [3.63, 3.8) is 0 Å². The van der Waals surface area contributed by atoms with Crippen LogP contribution in [0.25, 0.3) is 0 Å². The third kappa shape index (κ3) is 3.87. The van der Waals surface area contributed by atoms with E-state index in [-0.39, 0.29) is 5.56 Å². The van der Waals surface area contributed by atoms with E-state index in [1.165, 1.54) is 12.1 Å². The van der Waals surface area contributed by atoms with Crippen LogP contribution >= 0.6 is 0 Å². The Hall–Kier alpha value is -2.30. The average molecular weight is 307 g/mol. The summed E-state index contributed by atoms with van der Waals surface area (Å²) in [6, 6.07) is 13.6.